The van der Waals surface area contributed by atoms with E-state index >= 15 is 0 Å². The standard InChI is InChI=1S/C12H16N2O3/c15-10-4-2-9(3-5-10)14-12(17)8-1-6-11(16)13-7-8/h1,6-7,9-10,15H,2-5H2,(H,13,16)(H,14,17). The van der Waals surface area contributed by atoms with Crippen molar-refractivity contribution in [3.63, 3.8) is 0 Å². The monoisotopic (exact) mass is 236 g/mol. The van der Waals surface area contributed by atoms with E-state index in [1.807, 2.05) is 0 Å². The molecule has 0 aromatic carbocycles. The number of hydrogen-bond donors (Lipinski definition) is 3. The SMILES string of the molecule is O=C(NC1CCC(O)CC1)c1ccc(=O)[nH]c1. The molecule has 0 aliphatic heterocycles. The van der Waals surface area contributed by atoms with Gasteiger partial charge in [-0.3, -0.25) is 9.59 Å². The summed E-state index contributed by atoms with van der Waals surface area (Å²) in [5.41, 5.74) is 0.234. The van der Waals surface area contributed by atoms with Crippen molar-refractivity contribution in [2.24, 2.45) is 0 Å². The molecular formula is C12H16N2O3. The van der Waals surface area contributed by atoms with Crippen molar-refractivity contribution in [3.8, 4) is 0 Å². The minimum atomic E-state index is -0.226. The molecule has 1 heterocycles. The van der Waals surface area contributed by atoms with Crippen molar-refractivity contribution in [1.82, 2.24) is 10.3 Å². The fraction of sp³-hybridized carbons (Fsp3) is 0.500. The number of aromatic nitrogens is 1. The molecule has 0 bridgehead atoms. The Morgan fingerprint density at radius 3 is 2.59 bits per heavy atom. The third-order valence-electron chi connectivity index (χ3n) is 3.08. The fourth-order valence-electron chi connectivity index (χ4n) is 2.04. The molecule has 1 fully saturated rings. The average molecular weight is 236 g/mol. The first kappa shape index (κ1) is 11.9. The minimum Gasteiger partial charge on any atom is -0.393 e. The summed E-state index contributed by atoms with van der Waals surface area (Å²) in [6.45, 7) is 0. The molecule has 0 radical (unpaired) electrons. The molecule has 1 aromatic heterocycles. The number of aliphatic hydroxyl groups is 1. The zero-order chi connectivity index (χ0) is 12.3. The first-order valence-corrected chi connectivity index (χ1v) is 5.83. The molecule has 0 atom stereocenters. The van der Waals surface area contributed by atoms with Crippen LogP contribution in [0.5, 0.6) is 0 Å². The van der Waals surface area contributed by atoms with Crippen LogP contribution in [0.25, 0.3) is 0 Å². The summed E-state index contributed by atoms with van der Waals surface area (Å²) in [4.78, 5) is 25.1. The van der Waals surface area contributed by atoms with E-state index in [0.717, 1.165) is 25.7 Å². The first-order chi connectivity index (χ1) is 8.15. The van der Waals surface area contributed by atoms with Gasteiger partial charge < -0.3 is 15.4 Å². The van der Waals surface area contributed by atoms with Gasteiger partial charge >= 0.3 is 0 Å². The number of H-pyrrole nitrogens is 1. The highest BCUT2D eigenvalue weighted by Crippen LogP contribution is 2.18. The third kappa shape index (κ3) is 3.17. The first-order valence-electron chi connectivity index (χ1n) is 5.83. The highest BCUT2D eigenvalue weighted by molar-refractivity contribution is 5.93. The van der Waals surface area contributed by atoms with Gasteiger partial charge in [0.1, 0.15) is 0 Å². The molecule has 2 rings (SSSR count). The highest BCUT2D eigenvalue weighted by atomic mass is 16.3. The van der Waals surface area contributed by atoms with Crippen LogP contribution in [0.2, 0.25) is 0 Å². The van der Waals surface area contributed by atoms with Gasteiger partial charge in [-0.2, -0.15) is 0 Å². The van der Waals surface area contributed by atoms with Gasteiger partial charge in [0.2, 0.25) is 5.56 Å². The molecule has 0 saturated heterocycles. The predicted molar refractivity (Wildman–Crippen MR) is 62.8 cm³/mol. The normalized spacial score (nSPS) is 24.3. The summed E-state index contributed by atoms with van der Waals surface area (Å²) < 4.78 is 0. The number of aromatic amines is 1. The van der Waals surface area contributed by atoms with Crippen molar-refractivity contribution >= 4 is 5.91 Å². The Bertz CT molecular complexity index is 427. The molecule has 1 amide bonds. The molecule has 92 valence electrons. The fourth-order valence-corrected chi connectivity index (χ4v) is 2.04. The molecule has 5 nitrogen and oxygen atoms in total. The van der Waals surface area contributed by atoms with Crippen LogP contribution in [-0.4, -0.2) is 28.1 Å². The van der Waals surface area contributed by atoms with Gasteiger partial charge in [-0.1, -0.05) is 0 Å². The largest absolute Gasteiger partial charge is 0.393 e. The molecule has 1 saturated carbocycles. The van der Waals surface area contributed by atoms with E-state index in [2.05, 4.69) is 10.3 Å². The van der Waals surface area contributed by atoms with Crippen LogP contribution in [0.15, 0.2) is 23.1 Å². The van der Waals surface area contributed by atoms with Gasteiger partial charge in [-0.05, 0) is 31.7 Å². The summed E-state index contributed by atoms with van der Waals surface area (Å²) in [6, 6.07) is 2.96. The lowest BCUT2D eigenvalue weighted by Crippen LogP contribution is -2.38. The predicted octanol–water partition coefficient (Wildman–Crippen LogP) is 0.408. The molecule has 1 aromatic rings. The molecule has 17 heavy (non-hydrogen) atoms. The molecule has 5 heteroatoms. The Morgan fingerprint density at radius 2 is 2.00 bits per heavy atom. The smallest absolute Gasteiger partial charge is 0.252 e. The lowest BCUT2D eigenvalue weighted by Gasteiger charge is -2.26. The molecular weight excluding hydrogens is 220 g/mol. The molecule has 0 unspecified atom stereocenters. The van der Waals surface area contributed by atoms with Gasteiger partial charge in [-0.15, -0.1) is 0 Å². The number of nitrogens with one attached hydrogen (secondary N) is 2. The molecule has 0 spiro atoms. The maximum Gasteiger partial charge on any atom is 0.252 e. The maximum atomic E-state index is 11.8. The zero-order valence-electron chi connectivity index (χ0n) is 9.48. The maximum absolute atomic E-state index is 11.8. The Morgan fingerprint density at radius 1 is 1.29 bits per heavy atom. The third-order valence-corrected chi connectivity index (χ3v) is 3.08. The average Bonchev–Trinajstić information content (AvgIpc) is 2.33. The second-order valence-corrected chi connectivity index (χ2v) is 4.42. The summed E-state index contributed by atoms with van der Waals surface area (Å²) in [6.07, 6.45) is 4.26. The van der Waals surface area contributed by atoms with Crippen molar-refractivity contribution in [3.05, 3.63) is 34.2 Å². The van der Waals surface area contributed by atoms with Crippen molar-refractivity contribution in [2.75, 3.05) is 0 Å². The summed E-state index contributed by atoms with van der Waals surface area (Å²) in [5.74, 6) is -0.178. The second kappa shape index (κ2) is 5.14. The Hall–Kier alpha value is -1.62. The Labute approximate surface area is 98.9 Å². The summed E-state index contributed by atoms with van der Waals surface area (Å²) in [7, 11) is 0. The number of amides is 1. The van der Waals surface area contributed by atoms with Crippen LogP contribution in [0.3, 0.4) is 0 Å². The van der Waals surface area contributed by atoms with E-state index in [0.29, 0.717) is 5.56 Å². The Balaban J connectivity index is 1.93. The molecule has 1 aliphatic carbocycles. The van der Waals surface area contributed by atoms with E-state index in [1.165, 1.54) is 18.3 Å². The van der Waals surface area contributed by atoms with Crippen molar-refractivity contribution in [1.29, 1.82) is 0 Å². The summed E-state index contributed by atoms with van der Waals surface area (Å²) >= 11 is 0. The van der Waals surface area contributed by atoms with Crippen molar-refractivity contribution < 1.29 is 9.90 Å². The topological polar surface area (TPSA) is 82.2 Å². The number of rotatable bonds is 2. The summed E-state index contributed by atoms with van der Waals surface area (Å²) in [5, 5.41) is 12.3. The van der Waals surface area contributed by atoms with E-state index in [-0.39, 0.29) is 23.6 Å². The lowest BCUT2D eigenvalue weighted by molar-refractivity contribution is 0.0867. The van der Waals surface area contributed by atoms with Crippen LogP contribution in [0.1, 0.15) is 36.0 Å². The number of pyridine rings is 1. The number of hydrogen-bond acceptors (Lipinski definition) is 3. The quantitative estimate of drug-likeness (QED) is 0.695. The second-order valence-electron chi connectivity index (χ2n) is 4.42. The van der Waals surface area contributed by atoms with Crippen LogP contribution in [0, 0.1) is 0 Å². The van der Waals surface area contributed by atoms with Gasteiger partial charge in [0.25, 0.3) is 5.91 Å². The van der Waals surface area contributed by atoms with Crippen molar-refractivity contribution in [2.45, 2.75) is 37.8 Å². The number of aliphatic hydroxyl groups excluding tert-OH is 1. The van der Waals surface area contributed by atoms with Crippen LogP contribution in [-0.2, 0) is 0 Å². The van der Waals surface area contributed by atoms with E-state index in [4.69, 9.17) is 0 Å². The Kier molecular flexibility index (Phi) is 3.58. The number of carbonyl (C=O) groups excluding carboxylic acids is 1. The van der Waals surface area contributed by atoms with Gasteiger partial charge in [0.15, 0.2) is 0 Å². The van der Waals surface area contributed by atoms with E-state index in [9.17, 15) is 14.7 Å². The van der Waals surface area contributed by atoms with E-state index < -0.39 is 0 Å². The molecule has 1 aliphatic rings. The minimum absolute atomic E-state index is 0.123. The number of carbonyl (C=O) groups is 1. The van der Waals surface area contributed by atoms with Gasteiger partial charge in [0.05, 0.1) is 11.7 Å². The van der Waals surface area contributed by atoms with Crippen LogP contribution in [0.4, 0.5) is 0 Å². The van der Waals surface area contributed by atoms with Crippen LogP contribution >= 0.6 is 0 Å². The van der Waals surface area contributed by atoms with E-state index in [1.54, 1.807) is 0 Å². The molecule has 3 N–H and O–H groups in total. The van der Waals surface area contributed by atoms with Gasteiger partial charge in [0, 0.05) is 18.3 Å². The highest BCUT2D eigenvalue weighted by Gasteiger charge is 2.21. The lowest BCUT2D eigenvalue weighted by atomic mass is 9.93. The van der Waals surface area contributed by atoms with Crippen LogP contribution < -0.4 is 10.9 Å². The zero-order valence-corrected chi connectivity index (χ0v) is 9.48. The van der Waals surface area contributed by atoms with Gasteiger partial charge in [-0.25, -0.2) is 0 Å².